The quantitative estimate of drug-likeness (QED) is 0.777. The maximum atomic E-state index is 12.2. The zero-order valence-electron chi connectivity index (χ0n) is 12.5. The van der Waals surface area contributed by atoms with Gasteiger partial charge in [0.1, 0.15) is 0 Å². The Morgan fingerprint density at radius 2 is 1.70 bits per heavy atom. The molecule has 20 heavy (non-hydrogen) atoms. The molecule has 1 aromatic heterocycles. The topological polar surface area (TPSA) is 66.7 Å². The Morgan fingerprint density at radius 3 is 2.15 bits per heavy atom. The number of nitrogens with zero attached hydrogens (tertiary/aromatic N) is 3. The van der Waals surface area contributed by atoms with Gasteiger partial charge in [0, 0.05) is 37.7 Å². The van der Waals surface area contributed by atoms with Crippen LogP contribution in [0.2, 0.25) is 0 Å². The van der Waals surface area contributed by atoms with Crippen LogP contribution in [-0.2, 0) is 4.79 Å². The summed E-state index contributed by atoms with van der Waals surface area (Å²) < 4.78 is 4.99. The first-order valence-corrected chi connectivity index (χ1v) is 6.81. The summed E-state index contributed by atoms with van der Waals surface area (Å²) in [6.45, 7) is 9.68. The molecule has 0 radical (unpaired) electrons. The van der Waals surface area contributed by atoms with Crippen molar-refractivity contribution in [3.8, 4) is 0 Å². The van der Waals surface area contributed by atoms with Crippen LogP contribution >= 0.6 is 0 Å². The lowest BCUT2D eigenvalue weighted by molar-refractivity contribution is -0.140. The maximum Gasteiger partial charge on any atom is 0.292 e. The summed E-state index contributed by atoms with van der Waals surface area (Å²) in [5.74, 6) is 0.228. The fourth-order valence-corrected chi connectivity index (χ4v) is 2.21. The second-order valence-corrected chi connectivity index (χ2v) is 6.17. The van der Waals surface area contributed by atoms with Gasteiger partial charge in [0.2, 0.25) is 11.7 Å². The zero-order chi connectivity index (χ0) is 14.9. The van der Waals surface area contributed by atoms with Crippen LogP contribution in [0, 0.1) is 12.3 Å². The summed E-state index contributed by atoms with van der Waals surface area (Å²) in [7, 11) is 0. The summed E-state index contributed by atoms with van der Waals surface area (Å²) in [6.07, 6.45) is 0. The molecule has 0 N–H and O–H groups in total. The number of piperazine rings is 1. The largest absolute Gasteiger partial charge is 0.351 e. The minimum Gasteiger partial charge on any atom is -0.351 e. The monoisotopic (exact) mass is 279 g/mol. The molecule has 0 bridgehead atoms. The molecule has 2 amide bonds. The van der Waals surface area contributed by atoms with Crippen LogP contribution in [0.5, 0.6) is 0 Å². The van der Waals surface area contributed by atoms with Crippen molar-refractivity contribution >= 4 is 11.8 Å². The molecule has 1 aliphatic heterocycles. The second kappa shape index (κ2) is 5.26. The Balaban J connectivity index is 1.95. The van der Waals surface area contributed by atoms with E-state index in [1.165, 1.54) is 0 Å². The van der Waals surface area contributed by atoms with Crippen molar-refractivity contribution in [3.63, 3.8) is 0 Å². The Hall–Kier alpha value is -1.85. The summed E-state index contributed by atoms with van der Waals surface area (Å²) in [6, 6.07) is 1.63. The smallest absolute Gasteiger partial charge is 0.292 e. The molecule has 6 nitrogen and oxygen atoms in total. The number of carbonyl (C=O) groups excluding carboxylic acids is 2. The highest BCUT2D eigenvalue weighted by Gasteiger charge is 2.31. The van der Waals surface area contributed by atoms with Gasteiger partial charge >= 0.3 is 0 Å². The number of hydrogen-bond donors (Lipinski definition) is 0. The first kappa shape index (κ1) is 14.6. The molecule has 0 aromatic carbocycles. The van der Waals surface area contributed by atoms with Crippen molar-refractivity contribution in [2.24, 2.45) is 5.41 Å². The molecule has 6 heteroatoms. The number of aromatic nitrogens is 1. The van der Waals surface area contributed by atoms with E-state index >= 15 is 0 Å². The fourth-order valence-electron chi connectivity index (χ4n) is 2.21. The second-order valence-electron chi connectivity index (χ2n) is 6.17. The van der Waals surface area contributed by atoms with Crippen LogP contribution in [0.3, 0.4) is 0 Å². The van der Waals surface area contributed by atoms with Gasteiger partial charge in [0.15, 0.2) is 0 Å². The first-order valence-electron chi connectivity index (χ1n) is 6.81. The van der Waals surface area contributed by atoms with Gasteiger partial charge in [-0.2, -0.15) is 0 Å². The molecule has 0 atom stereocenters. The van der Waals surface area contributed by atoms with Crippen molar-refractivity contribution in [3.05, 3.63) is 17.5 Å². The third kappa shape index (κ3) is 3.00. The van der Waals surface area contributed by atoms with Gasteiger partial charge in [-0.3, -0.25) is 9.59 Å². The van der Waals surface area contributed by atoms with E-state index < -0.39 is 0 Å². The predicted octanol–water partition coefficient (Wildman–Crippen LogP) is 1.31. The van der Waals surface area contributed by atoms with Gasteiger partial charge in [-0.15, -0.1) is 0 Å². The summed E-state index contributed by atoms with van der Waals surface area (Å²) in [5, 5.41) is 3.72. The molecule has 1 aliphatic rings. The molecule has 110 valence electrons. The van der Waals surface area contributed by atoms with E-state index in [2.05, 4.69) is 5.16 Å². The minimum absolute atomic E-state index is 0.125. The van der Waals surface area contributed by atoms with E-state index in [4.69, 9.17) is 4.52 Å². The molecule has 0 unspecified atom stereocenters. The number of amides is 2. The lowest BCUT2D eigenvalue weighted by Gasteiger charge is -2.37. The summed E-state index contributed by atoms with van der Waals surface area (Å²) in [5.41, 5.74) is 0.309. The Labute approximate surface area is 118 Å². The van der Waals surface area contributed by atoms with E-state index in [0.717, 1.165) is 0 Å². The molecule has 2 heterocycles. The van der Waals surface area contributed by atoms with Gasteiger partial charge < -0.3 is 14.3 Å². The predicted molar refractivity (Wildman–Crippen MR) is 73.2 cm³/mol. The lowest BCUT2D eigenvalue weighted by atomic mass is 9.94. The average Bonchev–Trinajstić information content (AvgIpc) is 2.83. The normalized spacial score (nSPS) is 16.4. The van der Waals surface area contributed by atoms with E-state index in [1.54, 1.807) is 17.9 Å². The van der Waals surface area contributed by atoms with E-state index in [0.29, 0.717) is 31.9 Å². The van der Waals surface area contributed by atoms with Gasteiger partial charge in [-0.05, 0) is 6.92 Å². The highest BCUT2D eigenvalue weighted by Crippen LogP contribution is 2.19. The highest BCUT2D eigenvalue weighted by molar-refractivity contribution is 5.91. The summed E-state index contributed by atoms with van der Waals surface area (Å²) >= 11 is 0. The van der Waals surface area contributed by atoms with Crippen LogP contribution in [0.25, 0.3) is 0 Å². The molecule has 0 saturated carbocycles. The van der Waals surface area contributed by atoms with Crippen molar-refractivity contribution < 1.29 is 14.1 Å². The molecule has 0 spiro atoms. The van der Waals surface area contributed by atoms with Crippen LogP contribution in [-0.4, -0.2) is 52.9 Å². The molecular weight excluding hydrogens is 258 g/mol. The Morgan fingerprint density at radius 1 is 1.15 bits per heavy atom. The molecule has 0 aliphatic carbocycles. The van der Waals surface area contributed by atoms with Gasteiger partial charge in [0.25, 0.3) is 5.91 Å². The van der Waals surface area contributed by atoms with E-state index in [-0.39, 0.29) is 23.0 Å². The zero-order valence-corrected chi connectivity index (χ0v) is 12.5. The van der Waals surface area contributed by atoms with Crippen molar-refractivity contribution in [2.45, 2.75) is 27.7 Å². The maximum absolute atomic E-state index is 12.2. The van der Waals surface area contributed by atoms with Crippen molar-refractivity contribution in [2.75, 3.05) is 26.2 Å². The lowest BCUT2D eigenvalue weighted by Crippen LogP contribution is -2.53. The molecular formula is C14H21N3O3. The van der Waals surface area contributed by atoms with Crippen LogP contribution in [0.1, 0.15) is 37.0 Å². The van der Waals surface area contributed by atoms with Gasteiger partial charge in [-0.25, -0.2) is 0 Å². The molecule has 1 fully saturated rings. The van der Waals surface area contributed by atoms with Gasteiger partial charge in [-0.1, -0.05) is 25.9 Å². The molecule has 1 aromatic rings. The van der Waals surface area contributed by atoms with Crippen molar-refractivity contribution in [1.82, 2.24) is 15.0 Å². The standard InChI is InChI=1S/C14H21N3O3/c1-10-9-11(20-15-10)12(18)16-5-7-17(8-6-16)13(19)14(2,3)4/h9H,5-8H2,1-4H3. The van der Waals surface area contributed by atoms with Gasteiger partial charge in [0.05, 0.1) is 5.69 Å². The number of rotatable bonds is 1. The van der Waals surface area contributed by atoms with Crippen LogP contribution in [0.15, 0.2) is 10.6 Å². The van der Waals surface area contributed by atoms with Crippen molar-refractivity contribution in [1.29, 1.82) is 0 Å². The van der Waals surface area contributed by atoms with Crippen LogP contribution < -0.4 is 0 Å². The van der Waals surface area contributed by atoms with E-state index in [9.17, 15) is 9.59 Å². The summed E-state index contributed by atoms with van der Waals surface area (Å²) in [4.78, 5) is 27.9. The first-order chi connectivity index (χ1) is 9.29. The third-order valence-electron chi connectivity index (χ3n) is 3.33. The SMILES string of the molecule is Cc1cc(C(=O)N2CCN(C(=O)C(C)(C)C)CC2)on1. The fraction of sp³-hybridized carbons (Fsp3) is 0.643. The number of aryl methyl sites for hydroxylation is 1. The Bertz CT molecular complexity index is 508. The highest BCUT2D eigenvalue weighted by atomic mass is 16.5. The van der Waals surface area contributed by atoms with Crippen LogP contribution in [0.4, 0.5) is 0 Å². The molecule has 1 saturated heterocycles. The Kier molecular flexibility index (Phi) is 3.83. The molecule has 2 rings (SSSR count). The minimum atomic E-state index is -0.381. The van der Waals surface area contributed by atoms with E-state index in [1.807, 2.05) is 25.7 Å². The number of carbonyl (C=O) groups is 2. The third-order valence-corrected chi connectivity index (χ3v) is 3.33. The average molecular weight is 279 g/mol. The number of hydrogen-bond acceptors (Lipinski definition) is 4.